The molecule has 1 saturated heterocycles. The number of hydrogen-bond donors (Lipinski definition) is 1. The Morgan fingerprint density at radius 3 is 2.68 bits per heavy atom. The highest BCUT2D eigenvalue weighted by molar-refractivity contribution is 7.71. The van der Waals surface area contributed by atoms with Crippen LogP contribution in [0, 0.1) is 4.77 Å². The van der Waals surface area contributed by atoms with Crippen molar-refractivity contribution in [1.29, 1.82) is 0 Å². The van der Waals surface area contributed by atoms with Crippen LogP contribution in [0.3, 0.4) is 0 Å². The maximum Gasteiger partial charge on any atom is 0.263 e. The monoisotopic (exact) mass is 373 g/mol. The van der Waals surface area contributed by atoms with E-state index in [9.17, 15) is 4.79 Å². The summed E-state index contributed by atoms with van der Waals surface area (Å²) in [6.45, 7) is 4.73. The van der Waals surface area contributed by atoms with Crippen molar-refractivity contribution in [2.24, 2.45) is 0 Å². The predicted molar refractivity (Wildman–Crippen MR) is 104 cm³/mol. The van der Waals surface area contributed by atoms with Crippen molar-refractivity contribution in [1.82, 2.24) is 14.5 Å². The quantitative estimate of drug-likeness (QED) is 0.714. The van der Waals surface area contributed by atoms with E-state index in [1.54, 1.807) is 15.9 Å². The number of thiophene rings is 1. The molecule has 4 rings (SSSR count). The van der Waals surface area contributed by atoms with Gasteiger partial charge < -0.3 is 9.72 Å². The van der Waals surface area contributed by atoms with Crippen LogP contribution in [-0.4, -0.2) is 47.3 Å². The molecule has 0 atom stereocenters. The average Bonchev–Trinajstić information content (AvgIpc) is 3.07. The van der Waals surface area contributed by atoms with Crippen LogP contribution in [0.4, 0.5) is 0 Å². The second kappa shape index (κ2) is 7.21. The minimum absolute atomic E-state index is 0.00885. The average molecular weight is 374 g/mol. The van der Waals surface area contributed by atoms with E-state index < -0.39 is 0 Å². The summed E-state index contributed by atoms with van der Waals surface area (Å²) in [5.41, 5.74) is 1.10. The van der Waals surface area contributed by atoms with Crippen molar-refractivity contribution in [2.45, 2.75) is 6.54 Å². The van der Waals surface area contributed by atoms with E-state index in [-0.39, 0.29) is 5.56 Å². The summed E-state index contributed by atoms with van der Waals surface area (Å²) in [4.78, 5) is 20.4. The van der Waals surface area contributed by atoms with Crippen LogP contribution in [0.1, 0.15) is 0 Å². The van der Waals surface area contributed by atoms with Gasteiger partial charge in [-0.2, -0.15) is 0 Å². The number of fused-ring (bicyclic) bond motifs is 1. The number of hydrogen-bond acceptors (Lipinski definition) is 5. The Balaban J connectivity index is 1.66. The molecular formula is C18H19N3O2S2. The molecule has 0 spiro atoms. The summed E-state index contributed by atoms with van der Waals surface area (Å²) < 4.78 is 7.53. The lowest BCUT2D eigenvalue weighted by atomic mass is 10.2. The lowest BCUT2D eigenvalue weighted by Gasteiger charge is -2.26. The molecule has 0 aliphatic carbocycles. The van der Waals surface area contributed by atoms with Crippen LogP contribution in [-0.2, 0) is 11.3 Å². The van der Waals surface area contributed by atoms with E-state index in [0.29, 0.717) is 16.7 Å². The van der Waals surface area contributed by atoms with Gasteiger partial charge in [-0.15, -0.1) is 11.3 Å². The van der Waals surface area contributed by atoms with Gasteiger partial charge in [0.05, 0.1) is 18.6 Å². The maximum absolute atomic E-state index is 12.9. The van der Waals surface area contributed by atoms with Gasteiger partial charge in [-0.25, -0.2) is 0 Å². The first kappa shape index (κ1) is 16.7. The first-order valence-electron chi connectivity index (χ1n) is 8.34. The zero-order valence-corrected chi connectivity index (χ0v) is 15.4. The summed E-state index contributed by atoms with van der Waals surface area (Å²) >= 11 is 7.00. The van der Waals surface area contributed by atoms with Crippen molar-refractivity contribution < 1.29 is 4.74 Å². The third kappa shape index (κ3) is 3.46. The summed E-state index contributed by atoms with van der Waals surface area (Å²) in [5.74, 6) is 0. The number of nitrogens with zero attached hydrogens (tertiary/aromatic N) is 2. The van der Waals surface area contributed by atoms with Gasteiger partial charge in [0, 0.05) is 31.1 Å². The van der Waals surface area contributed by atoms with Crippen molar-refractivity contribution in [2.75, 3.05) is 32.8 Å². The van der Waals surface area contributed by atoms with Crippen molar-refractivity contribution in [3.63, 3.8) is 0 Å². The van der Waals surface area contributed by atoms with E-state index >= 15 is 0 Å². The van der Waals surface area contributed by atoms with Crippen molar-refractivity contribution in [3.8, 4) is 10.4 Å². The Kier molecular flexibility index (Phi) is 4.80. The van der Waals surface area contributed by atoms with Gasteiger partial charge in [0.25, 0.3) is 5.56 Å². The van der Waals surface area contributed by atoms with Crippen LogP contribution in [0.2, 0.25) is 0 Å². The standard InChI is InChI=1S/C18H19N3O2S2/c22-17-14-12-15(13-4-2-1-3-5-13)25-16(14)19-18(24)21(17)7-6-20-8-10-23-11-9-20/h1-5,12H,6-11H2,(H,19,24). The van der Waals surface area contributed by atoms with Gasteiger partial charge in [0.1, 0.15) is 4.83 Å². The van der Waals surface area contributed by atoms with E-state index in [4.69, 9.17) is 17.0 Å². The fourth-order valence-corrected chi connectivity index (χ4v) is 4.45. The molecule has 0 bridgehead atoms. The molecule has 0 saturated carbocycles. The molecule has 3 heterocycles. The SMILES string of the molecule is O=c1c2cc(-c3ccccc3)sc2[nH]c(=S)n1CCN1CCOCC1. The number of H-pyrrole nitrogens is 1. The number of morpholine rings is 1. The number of aromatic nitrogens is 2. The summed E-state index contributed by atoms with van der Waals surface area (Å²) in [5, 5.41) is 0.708. The minimum Gasteiger partial charge on any atom is -0.379 e. The Morgan fingerprint density at radius 1 is 1.16 bits per heavy atom. The van der Waals surface area contributed by atoms with Gasteiger partial charge in [-0.05, 0) is 23.8 Å². The molecule has 0 radical (unpaired) electrons. The maximum atomic E-state index is 12.9. The molecule has 7 heteroatoms. The fraction of sp³-hybridized carbons (Fsp3) is 0.333. The Hall–Kier alpha value is -1.80. The van der Waals surface area contributed by atoms with Gasteiger partial charge in [0.2, 0.25) is 0 Å². The Bertz CT molecular complexity index is 985. The third-order valence-electron chi connectivity index (χ3n) is 4.48. The van der Waals surface area contributed by atoms with E-state index in [1.807, 2.05) is 24.3 Å². The van der Waals surface area contributed by atoms with Crippen molar-refractivity contribution >= 4 is 33.8 Å². The predicted octanol–water partition coefficient (Wildman–Crippen LogP) is 3.12. The zero-order chi connectivity index (χ0) is 17.2. The lowest BCUT2D eigenvalue weighted by Crippen LogP contribution is -2.39. The molecular weight excluding hydrogens is 354 g/mol. The molecule has 130 valence electrons. The largest absolute Gasteiger partial charge is 0.379 e. The van der Waals surface area contributed by atoms with Crippen LogP contribution in [0.25, 0.3) is 20.7 Å². The number of nitrogens with one attached hydrogen (secondary N) is 1. The number of benzene rings is 1. The van der Waals surface area contributed by atoms with Gasteiger partial charge in [-0.3, -0.25) is 14.3 Å². The van der Waals surface area contributed by atoms with Crippen LogP contribution < -0.4 is 5.56 Å². The Labute approximate surface area is 154 Å². The van der Waals surface area contributed by atoms with Crippen LogP contribution >= 0.6 is 23.6 Å². The minimum atomic E-state index is -0.00885. The number of rotatable bonds is 4. The summed E-state index contributed by atoms with van der Waals surface area (Å²) in [7, 11) is 0. The topological polar surface area (TPSA) is 50.3 Å². The highest BCUT2D eigenvalue weighted by Crippen LogP contribution is 2.30. The lowest BCUT2D eigenvalue weighted by molar-refractivity contribution is 0.0362. The van der Waals surface area contributed by atoms with E-state index in [2.05, 4.69) is 22.0 Å². The van der Waals surface area contributed by atoms with E-state index in [0.717, 1.165) is 48.1 Å². The molecule has 0 unspecified atom stereocenters. The summed E-state index contributed by atoms with van der Waals surface area (Å²) in [6, 6.07) is 12.1. The van der Waals surface area contributed by atoms with Crippen LogP contribution in [0.15, 0.2) is 41.2 Å². The highest BCUT2D eigenvalue weighted by Gasteiger charge is 2.14. The molecule has 1 N–H and O–H groups in total. The first-order chi connectivity index (χ1) is 12.2. The molecule has 25 heavy (non-hydrogen) atoms. The normalized spacial score (nSPS) is 15.7. The number of ether oxygens (including phenoxy) is 1. The zero-order valence-electron chi connectivity index (χ0n) is 13.7. The van der Waals surface area contributed by atoms with Gasteiger partial charge >= 0.3 is 0 Å². The summed E-state index contributed by atoms with van der Waals surface area (Å²) in [6.07, 6.45) is 0. The van der Waals surface area contributed by atoms with Gasteiger partial charge in [0.15, 0.2) is 4.77 Å². The fourth-order valence-electron chi connectivity index (χ4n) is 3.06. The Morgan fingerprint density at radius 2 is 1.92 bits per heavy atom. The molecule has 2 aromatic heterocycles. The van der Waals surface area contributed by atoms with Gasteiger partial charge in [-0.1, -0.05) is 30.3 Å². The molecule has 1 aromatic carbocycles. The molecule has 1 fully saturated rings. The third-order valence-corrected chi connectivity index (χ3v) is 5.90. The first-order valence-corrected chi connectivity index (χ1v) is 9.57. The molecule has 1 aliphatic rings. The smallest absolute Gasteiger partial charge is 0.263 e. The molecule has 1 aliphatic heterocycles. The second-order valence-corrected chi connectivity index (χ2v) is 7.50. The molecule has 0 amide bonds. The molecule has 5 nitrogen and oxygen atoms in total. The van der Waals surface area contributed by atoms with E-state index in [1.165, 1.54) is 0 Å². The number of aromatic amines is 1. The van der Waals surface area contributed by atoms with Crippen LogP contribution in [0.5, 0.6) is 0 Å². The van der Waals surface area contributed by atoms with Crippen molar-refractivity contribution in [3.05, 3.63) is 51.5 Å². The molecule has 3 aromatic rings. The highest BCUT2D eigenvalue weighted by atomic mass is 32.1. The second-order valence-electron chi connectivity index (χ2n) is 6.06.